The van der Waals surface area contributed by atoms with Crippen molar-refractivity contribution in [2.45, 2.75) is 13.8 Å². The molecule has 0 spiro atoms. The van der Waals surface area contributed by atoms with Gasteiger partial charge < -0.3 is 10.3 Å². The van der Waals surface area contributed by atoms with E-state index in [1.54, 1.807) is 13.1 Å². The summed E-state index contributed by atoms with van der Waals surface area (Å²) in [5.74, 6) is 0. The first-order valence-corrected chi connectivity index (χ1v) is 4.58. The van der Waals surface area contributed by atoms with Gasteiger partial charge in [-0.3, -0.25) is 0 Å². The molecule has 0 aliphatic heterocycles. The van der Waals surface area contributed by atoms with E-state index in [4.69, 9.17) is 5.41 Å². The molecule has 0 heterocycles. The van der Waals surface area contributed by atoms with Crippen molar-refractivity contribution in [1.82, 2.24) is 0 Å². The summed E-state index contributed by atoms with van der Waals surface area (Å²) in [7, 11) is 1.96. The molecule has 0 aliphatic rings. The molecule has 0 fully saturated rings. The van der Waals surface area contributed by atoms with Crippen molar-refractivity contribution in [3.8, 4) is 0 Å². The van der Waals surface area contributed by atoms with Gasteiger partial charge in [-0.2, -0.15) is 0 Å². The normalized spacial score (nSPS) is 9.64. The topological polar surface area (TPSA) is 27.1 Å². The quantitative estimate of drug-likeness (QED) is 0.725. The van der Waals surface area contributed by atoms with E-state index in [1.165, 1.54) is 0 Å². The highest BCUT2D eigenvalue weighted by Gasteiger charge is 2.03. The Morgan fingerprint density at radius 2 is 2.14 bits per heavy atom. The second kappa shape index (κ2) is 4.09. The summed E-state index contributed by atoms with van der Waals surface area (Å²) >= 11 is 0. The van der Waals surface area contributed by atoms with Gasteiger partial charge in [0.25, 0.3) is 0 Å². The van der Waals surface area contributed by atoms with Crippen LogP contribution in [0.5, 0.6) is 0 Å². The molecule has 0 saturated carbocycles. The van der Waals surface area contributed by atoms with E-state index in [1.807, 2.05) is 37.1 Å². The first kappa shape index (κ1) is 10.5. The molecule has 14 heavy (non-hydrogen) atoms. The second-order valence-corrected chi connectivity index (χ2v) is 3.42. The van der Waals surface area contributed by atoms with Crippen LogP contribution in [0.4, 0.5) is 5.69 Å². The number of nitrogens with zero attached hydrogens (tertiary/aromatic N) is 1. The van der Waals surface area contributed by atoms with Gasteiger partial charge in [0.15, 0.2) is 0 Å². The van der Waals surface area contributed by atoms with E-state index in [2.05, 4.69) is 6.58 Å². The Kier molecular flexibility index (Phi) is 3.07. The van der Waals surface area contributed by atoms with E-state index in [0.717, 1.165) is 16.8 Å². The van der Waals surface area contributed by atoms with E-state index in [0.29, 0.717) is 5.71 Å². The van der Waals surface area contributed by atoms with Crippen molar-refractivity contribution in [2.75, 3.05) is 11.9 Å². The van der Waals surface area contributed by atoms with Crippen LogP contribution in [0, 0.1) is 12.3 Å². The minimum absolute atomic E-state index is 0.598. The van der Waals surface area contributed by atoms with Gasteiger partial charge in [0, 0.05) is 18.4 Å². The van der Waals surface area contributed by atoms with Gasteiger partial charge in [0.05, 0.1) is 0 Å². The standard InChI is InChI=1S/C12H16N2/c1-5-14(4)12-7-6-11(10(3)13)8-9(12)2/h5-8,13H,1H2,2-4H3. The summed E-state index contributed by atoms with van der Waals surface area (Å²) in [4.78, 5) is 1.97. The molecule has 1 aromatic rings. The van der Waals surface area contributed by atoms with Crippen molar-refractivity contribution < 1.29 is 0 Å². The Morgan fingerprint density at radius 3 is 2.57 bits per heavy atom. The van der Waals surface area contributed by atoms with Crippen LogP contribution in [-0.2, 0) is 0 Å². The van der Waals surface area contributed by atoms with E-state index < -0.39 is 0 Å². The van der Waals surface area contributed by atoms with Gasteiger partial charge in [0.1, 0.15) is 0 Å². The predicted molar refractivity (Wildman–Crippen MR) is 62.3 cm³/mol. The van der Waals surface area contributed by atoms with Gasteiger partial charge >= 0.3 is 0 Å². The Labute approximate surface area is 85.4 Å². The average Bonchev–Trinajstić information content (AvgIpc) is 2.16. The van der Waals surface area contributed by atoms with Gasteiger partial charge in [0.2, 0.25) is 0 Å². The van der Waals surface area contributed by atoms with Gasteiger partial charge in [-0.25, -0.2) is 0 Å². The fourth-order valence-electron chi connectivity index (χ4n) is 1.38. The highest BCUT2D eigenvalue weighted by atomic mass is 15.1. The zero-order valence-electron chi connectivity index (χ0n) is 8.96. The van der Waals surface area contributed by atoms with Crippen LogP contribution in [0.3, 0.4) is 0 Å². The molecule has 1 rings (SSSR count). The summed E-state index contributed by atoms with van der Waals surface area (Å²) in [5.41, 5.74) is 3.87. The average molecular weight is 188 g/mol. The third kappa shape index (κ3) is 2.02. The van der Waals surface area contributed by atoms with Crippen molar-refractivity contribution >= 4 is 11.4 Å². The lowest BCUT2D eigenvalue weighted by Crippen LogP contribution is -2.09. The fraction of sp³-hybridized carbons (Fsp3) is 0.250. The van der Waals surface area contributed by atoms with Gasteiger partial charge in [-0.1, -0.05) is 12.6 Å². The van der Waals surface area contributed by atoms with Crippen LogP contribution in [0.2, 0.25) is 0 Å². The van der Waals surface area contributed by atoms with Crippen LogP contribution >= 0.6 is 0 Å². The molecule has 1 N–H and O–H groups in total. The fourth-order valence-corrected chi connectivity index (χ4v) is 1.38. The predicted octanol–water partition coefficient (Wildman–Crippen LogP) is 2.96. The molecule has 0 saturated heterocycles. The molecular formula is C12H16N2. The number of hydrogen-bond acceptors (Lipinski definition) is 2. The molecular weight excluding hydrogens is 172 g/mol. The van der Waals surface area contributed by atoms with E-state index >= 15 is 0 Å². The highest BCUT2D eigenvalue weighted by Crippen LogP contribution is 2.20. The molecule has 0 aliphatic carbocycles. The molecule has 2 heteroatoms. The number of anilines is 1. The van der Waals surface area contributed by atoms with E-state index in [9.17, 15) is 0 Å². The monoisotopic (exact) mass is 188 g/mol. The van der Waals surface area contributed by atoms with Crippen LogP contribution < -0.4 is 4.90 Å². The number of hydrogen-bond donors (Lipinski definition) is 1. The molecule has 1 aromatic carbocycles. The lowest BCUT2D eigenvalue weighted by molar-refractivity contribution is 1.18. The van der Waals surface area contributed by atoms with Crippen LogP contribution in [-0.4, -0.2) is 12.8 Å². The summed E-state index contributed by atoms with van der Waals surface area (Å²) < 4.78 is 0. The van der Waals surface area contributed by atoms with Crippen molar-refractivity contribution in [3.63, 3.8) is 0 Å². The van der Waals surface area contributed by atoms with Crippen molar-refractivity contribution in [2.24, 2.45) is 0 Å². The Balaban J connectivity index is 3.13. The molecule has 0 aromatic heterocycles. The lowest BCUT2D eigenvalue weighted by atomic mass is 10.1. The number of aryl methyl sites for hydroxylation is 1. The third-order valence-electron chi connectivity index (χ3n) is 2.28. The van der Waals surface area contributed by atoms with Crippen LogP contribution in [0.25, 0.3) is 0 Å². The summed E-state index contributed by atoms with van der Waals surface area (Å²) in [6.07, 6.45) is 1.78. The molecule has 0 radical (unpaired) electrons. The molecule has 0 bridgehead atoms. The maximum Gasteiger partial charge on any atom is 0.0433 e. The maximum absolute atomic E-state index is 7.52. The summed E-state index contributed by atoms with van der Waals surface area (Å²) in [5, 5.41) is 7.52. The van der Waals surface area contributed by atoms with Gasteiger partial charge in [-0.15, -0.1) is 0 Å². The van der Waals surface area contributed by atoms with Crippen LogP contribution in [0.1, 0.15) is 18.1 Å². The minimum Gasteiger partial charge on any atom is -0.351 e. The zero-order valence-corrected chi connectivity index (χ0v) is 8.96. The molecule has 2 nitrogen and oxygen atoms in total. The van der Waals surface area contributed by atoms with Gasteiger partial charge in [-0.05, 0) is 43.3 Å². The minimum atomic E-state index is 0.598. The van der Waals surface area contributed by atoms with Crippen molar-refractivity contribution in [3.05, 3.63) is 42.1 Å². The third-order valence-corrected chi connectivity index (χ3v) is 2.28. The van der Waals surface area contributed by atoms with E-state index in [-0.39, 0.29) is 0 Å². The Morgan fingerprint density at radius 1 is 1.50 bits per heavy atom. The summed E-state index contributed by atoms with van der Waals surface area (Å²) in [6, 6.07) is 6.01. The SMILES string of the molecule is C=CN(C)c1ccc(C(C)=N)cc1C. The first-order valence-electron chi connectivity index (χ1n) is 4.58. The lowest BCUT2D eigenvalue weighted by Gasteiger charge is -2.16. The molecule has 0 unspecified atom stereocenters. The molecule has 74 valence electrons. The number of rotatable bonds is 3. The second-order valence-electron chi connectivity index (χ2n) is 3.42. The smallest absolute Gasteiger partial charge is 0.0433 e. The van der Waals surface area contributed by atoms with Crippen molar-refractivity contribution in [1.29, 1.82) is 5.41 Å². The maximum atomic E-state index is 7.52. The first-order chi connectivity index (χ1) is 6.56. The number of benzene rings is 1. The Bertz CT molecular complexity index is 367. The Hall–Kier alpha value is -1.57. The highest BCUT2D eigenvalue weighted by molar-refractivity contribution is 5.96. The zero-order chi connectivity index (χ0) is 10.7. The van der Waals surface area contributed by atoms with Crippen LogP contribution in [0.15, 0.2) is 31.0 Å². The largest absolute Gasteiger partial charge is 0.351 e. The molecule has 0 amide bonds. The summed E-state index contributed by atoms with van der Waals surface area (Å²) in [6.45, 7) is 7.56. The molecule has 0 atom stereocenters. The number of nitrogens with one attached hydrogen (secondary N) is 1.